The van der Waals surface area contributed by atoms with Crippen molar-refractivity contribution in [1.82, 2.24) is 5.32 Å². The number of carbonyl (C=O) groups excluding carboxylic acids is 1. The van der Waals surface area contributed by atoms with Gasteiger partial charge in [0, 0.05) is 23.7 Å². The van der Waals surface area contributed by atoms with Crippen LogP contribution in [0.2, 0.25) is 0 Å². The summed E-state index contributed by atoms with van der Waals surface area (Å²) in [7, 11) is 0. The van der Waals surface area contributed by atoms with Crippen LogP contribution in [-0.4, -0.2) is 27.9 Å². The zero-order chi connectivity index (χ0) is 16.9. The van der Waals surface area contributed by atoms with Crippen molar-refractivity contribution in [3.8, 4) is 0 Å². The lowest BCUT2D eigenvalue weighted by Crippen LogP contribution is -2.33. The van der Waals surface area contributed by atoms with Gasteiger partial charge < -0.3 is 10.4 Å². The van der Waals surface area contributed by atoms with E-state index in [1.54, 1.807) is 0 Å². The van der Waals surface area contributed by atoms with Gasteiger partial charge in [0.05, 0.1) is 10.5 Å². The van der Waals surface area contributed by atoms with Gasteiger partial charge in [-0.25, -0.2) is 4.79 Å². The van der Waals surface area contributed by atoms with Crippen molar-refractivity contribution < 1.29 is 19.6 Å². The van der Waals surface area contributed by atoms with E-state index in [9.17, 15) is 19.7 Å². The number of carboxylic acids is 1. The standard InChI is InChI=1S/C15H20N2O5/c1-4-9(2)5-10(3)16-14(18)11-6-12(15(19)20)8-13(7-11)17(21)22/h6-10H,4-5H2,1-3H3,(H,16,18)(H,19,20). The van der Waals surface area contributed by atoms with Gasteiger partial charge in [-0.3, -0.25) is 14.9 Å². The first-order valence-electron chi connectivity index (χ1n) is 7.08. The van der Waals surface area contributed by atoms with Crippen LogP contribution in [-0.2, 0) is 0 Å². The lowest BCUT2D eigenvalue weighted by molar-refractivity contribution is -0.384. The van der Waals surface area contributed by atoms with Crippen LogP contribution in [0.1, 0.15) is 54.3 Å². The first-order valence-corrected chi connectivity index (χ1v) is 7.08. The minimum atomic E-state index is -1.31. The average molecular weight is 308 g/mol. The number of nitro benzene ring substituents is 1. The van der Waals surface area contributed by atoms with Crippen molar-refractivity contribution in [2.75, 3.05) is 0 Å². The van der Waals surface area contributed by atoms with Gasteiger partial charge in [-0.2, -0.15) is 0 Å². The molecule has 0 heterocycles. The molecule has 0 saturated carbocycles. The van der Waals surface area contributed by atoms with Crippen molar-refractivity contribution >= 4 is 17.6 Å². The molecule has 1 amide bonds. The van der Waals surface area contributed by atoms with Crippen LogP contribution in [0.3, 0.4) is 0 Å². The van der Waals surface area contributed by atoms with E-state index in [0.717, 1.165) is 31.0 Å². The maximum atomic E-state index is 12.1. The number of amides is 1. The summed E-state index contributed by atoms with van der Waals surface area (Å²) in [5.41, 5.74) is -0.726. The number of nitrogens with one attached hydrogen (secondary N) is 1. The van der Waals surface area contributed by atoms with Crippen LogP contribution in [0.15, 0.2) is 18.2 Å². The Bertz CT molecular complexity index is 553. The van der Waals surface area contributed by atoms with Crippen LogP contribution in [0.25, 0.3) is 0 Å². The molecule has 2 N–H and O–H groups in total. The molecule has 0 radical (unpaired) electrons. The normalized spacial score (nSPS) is 13.2. The van der Waals surface area contributed by atoms with E-state index >= 15 is 0 Å². The SMILES string of the molecule is CCC(C)CC(C)NC(=O)c1cc(C(=O)O)cc([N+](=O)[O-])c1. The largest absolute Gasteiger partial charge is 0.478 e. The topological polar surface area (TPSA) is 110 Å². The number of benzene rings is 1. The van der Waals surface area contributed by atoms with Crippen molar-refractivity contribution in [2.24, 2.45) is 5.92 Å². The van der Waals surface area contributed by atoms with E-state index < -0.39 is 22.5 Å². The highest BCUT2D eigenvalue weighted by molar-refractivity contribution is 5.98. The summed E-state index contributed by atoms with van der Waals surface area (Å²) in [6, 6.07) is 3.05. The Hall–Kier alpha value is -2.44. The highest BCUT2D eigenvalue weighted by Gasteiger charge is 2.19. The number of rotatable bonds is 7. The predicted octanol–water partition coefficient (Wildman–Crippen LogP) is 2.85. The molecule has 2 atom stereocenters. The second-order valence-corrected chi connectivity index (χ2v) is 5.45. The van der Waals surface area contributed by atoms with E-state index in [1.165, 1.54) is 0 Å². The van der Waals surface area contributed by atoms with Gasteiger partial charge in [-0.05, 0) is 25.3 Å². The molecule has 0 fully saturated rings. The molecule has 1 aromatic carbocycles. The fraction of sp³-hybridized carbons (Fsp3) is 0.467. The Kier molecular flexibility index (Phi) is 6.03. The molecule has 1 aromatic rings. The third-order valence-corrected chi connectivity index (χ3v) is 3.47. The highest BCUT2D eigenvalue weighted by Crippen LogP contribution is 2.18. The Balaban J connectivity index is 2.97. The molecule has 0 aliphatic rings. The fourth-order valence-electron chi connectivity index (χ4n) is 2.11. The Labute approximate surface area is 128 Å². The molecule has 0 spiro atoms. The van der Waals surface area contributed by atoms with Crippen molar-refractivity contribution in [2.45, 2.75) is 39.7 Å². The average Bonchev–Trinajstić information content (AvgIpc) is 2.46. The maximum absolute atomic E-state index is 12.1. The molecule has 7 heteroatoms. The summed E-state index contributed by atoms with van der Waals surface area (Å²) in [4.78, 5) is 33.3. The maximum Gasteiger partial charge on any atom is 0.335 e. The predicted molar refractivity (Wildman–Crippen MR) is 81.1 cm³/mol. The van der Waals surface area contributed by atoms with Crippen molar-refractivity contribution in [3.63, 3.8) is 0 Å². The Morgan fingerprint density at radius 3 is 2.36 bits per heavy atom. The number of carboxylic acid groups (broad SMARTS) is 1. The van der Waals surface area contributed by atoms with E-state index in [0.29, 0.717) is 5.92 Å². The van der Waals surface area contributed by atoms with Crippen molar-refractivity contribution in [1.29, 1.82) is 0 Å². The molecular formula is C15H20N2O5. The molecule has 22 heavy (non-hydrogen) atoms. The monoisotopic (exact) mass is 308 g/mol. The van der Waals surface area contributed by atoms with Crippen LogP contribution < -0.4 is 5.32 Å². The van der Waals surface area contributed by atoms with Crippen LogP contribution in [0, 0.1) is 16.0 Å². The van der Waals surface area contributed by atoms with Gasteiger partial charge in [0.25, 0.3) is 11.6 Å². The van der Waals surface area contributed by atoms with Crippen LogP contribution in [0.4, 0.5) is 5.69 Å². The van der Waals surface area contributed by atoms with E-state index in [2.05, 4.69) is 19.2 Å². The van der Waals surface area contributed by atoms with Crippen LogP contribution >= 0.6 is 0 Å². The summed E-state index contributed by atoms with van der Waals surface area (Å²) in [6.07, 6.45) is 1.77. The molecular weight excluding hydrogens is 288 g/mol. The minimum absolute atomic E-state index is 0.0254. The third kappa shape index (κ3) is 4.83. The van der Waals surface area contributed by atoms with Gasteiger partial charge in [0.2, 0.25) is 0 Å². The van der Waals surface area contributed by atoms with E-state index in [-0.39, 0.29) is 17.2 Å². The second-order valence-electron chi connectivity index (χ2n) is 5.45. The number of carbonyl (C=O) groups is 2. The Morgan fingerprint density at radius 2 is 1.86 bits per heavy atom. The van der Waals surface area contributed by atoms with Crippen molar-refractivity contribution in [3.05, 3.63) is 39.4 Å². The van der Waals surface area contributed by atoms with Crippen LogP contribution in [0.5, 0.6) is 0 Å². The first-order chi connectivity index (χ1) is 10.2. The third-order valence-electron chi connectivity index (χ3n) is 3.47. The fourth-order valence-corrected chi connectivity index (χ4v) is 2.11. The number of aromatic carboxylic acids is 1. The Morgan fingerprint density at radius 1 is 1.27 bits per heavy atom. The minimum Gasteiger partial charge on any atom is -0.478 e. The summed E-state index contributed by atoms with van der Waals surface area (Å²) >= 11 is 0. The number of non-ortho nitro benzene ring substituents is 1. The molecule has 120 valence electrons. The number of hydrogen-bond donors (Lipinski definition) is 2. The first kappa shape index (κ1) is 17.6. The molecule has 0 aromatic heterocycles. The number of nitro groups is 1. The van der Waals surface area contributed by atoms with Gasteiger partial charge in [0.15, 0.2) is 0 Å². The molecule has 0 aliphatic carbocycles. The molecule has 2 unspecified atom stereocenters. The van der Waals surface area contributed by atoms with E-state index in [4.69, 9.17) is 5.11 Å². The lowest BCUT2D eigenvalue weighted by atomic mass is 10.00. The van der Waals surface area contributed by atoms with Gasteiger partial charge in [-0.15, -0.1) is 0 Å². The molecule has 0 aliphatic heterocycles. The van der Waals surface area contributed by atoms with Gasteiger partial charge in [-0.1, -0.05) is 20.3 Å². The number of nitrogens with zero attached hydrogens (tertiary/aromatic N) is 1. The zero-order valence-electron chi connectivity index (χ0n) is 12.8. The molecule has 0 bridgehead atoms. The molecule has 7 nitrogen and oxygen atoms in total. The summed E-state index contributed by atoms with van der Waals surface area (Å²) in [6.45, 7) is 5.97. The smallest absolute Gasteiger partial charge is 0.335 e. The molecule has 1 rings (SSSR count). The lowest BCUT2D eigenvalue weighted by Gasteiger charge is -2.17. The summed E-state index contributed by atoms with van der Waals surface area (Å²) in [5.74, 6) is -1.39. The quantitative estimate of drug-likeness (QED) is 0.594. The number of hydrogen-bond acceptors (Lipinski definition) is 4. The second kappa shape index (κ2) is 7.53. The van der Waals surface area contributed by atoms with E-state index in [1.807, 2.05) is 6.92 Å². The van der Waals surface area contributed by atoms with Gasteiger partial charge in [0.1, 0.15) is 0 Å². The summed E-state index contributed by atoms with van der Waals surface area (Å²) in [5, 5.41) is 22.6. The molecule has 0 saturated heterocycles. The zero-order valence-corrected chi connectivity index (χ0v) is 12.8. The summed E-state index contributed by atoms with van der Waals surface area (Å²) < 4.78 is 0. The highest BCUT2D eigenvalue weighted by atomic mass is 16.6. The van der Waals surface area contributed by atoms with Gasteiger partial charge >= 0.3 is 5.97 Å².